The fourth-order valence-electron chi connectivity index (χ4n) is 14.3. The maximum absolute atomic E-state index is 13.8. The zero-order valence-electron chi connectivity index (χ0n) is 84.3. The molecule has 14 aromatic rings. The Morgan fingerprint density at radius 3 is 0.932 bits per heavy atom. The topological polar surface area (TPSA) is 293 Å². The summed E-state index contributed by atoms with van der Waals surface area (Å²) in [6.45, 7) is 62.8. The van der Waals surface area contributed by atoms with Gasteiger partial charge >= 0.3 is 0 Å². The summed E-state index contributed by atoms with van der Waals surface area (Å²) in [6.07, 6.45) is 20.0. The molecule has 0 aliphatic heterocycles. The van der Waals surface area contributed by atoms with Crippen LogP contribution in [0.2, 0.25) is 0 Å². The van der Waals surface area contributed by atoms with Crippen LogP contribution in [-0.2, 0) is 45.0 Å². The molecule has 0 unspecified atom stereocenters. The number of aromatic hydroxyl groups is 1. The molecule has 0 spiro atoms. The first-order chi connectivity index (χ1) is 61.6. The van der Waals surface area contributed by atoms with Crippen molar-refractivity contribution in [3.8, 4) is 113 Å². The van der Waals surface area contributed by atoms with Gasteiger partial charge in [0.1, 0.15) is 17.2 Å². The zero-order valence-corrected chi connectivity index (χ0v) is 84.3. The predicted octanol–water partition coefficient (Wildman–Crippen LogP) is 24.4. The van der Waals surface area contributed by atoms with Gasteiger partial charge < -0.3 is 28.8 Å². The van der Waals surface area contributed by atoms with Crippen LogP contribution < -0.4 is 23.7 Å². The molecule has 0 amide bonds. The number of aromatic amines is 1. The number of phenols is 1. The normalized spacial score (nSPS) is 11.6. The number of hydrogen-bond donors (Lipinski definition) is 2. The van der Waals surface area contributed by atoms with Crippen LogP contribution in [0.3, 0.4) is 0 Å². The van der Waals surface area contributed by atoms with Crippen LogP contribution in [0.15, 0.2) is 177 Å². The van der Waals surface area contributed by atoms with Crippen LogP contribution >= 0.6 is 0 Å². The number of aromatic nitrogens is 18. The SMILES string of the molecule is COc1ccc(-c2cnc(C)c(C(C)(C)C)n2)cc1F.COc1ccc(-c2cnc(C)c(C(C)(C)C)n2)cc1OC.COc1cccc(-c2cnc(C)c(C(C)(C)C)n2)c1.Cc1ncc(-c2ccc(OC(C)C)cc2)nc1C(C)(C)C.Cc1ncc(-c2cccc(O)c2)nc1C(C)(C)C.Cc1ncc(-c2cn[nH]c2)nc1C(C)(C)C.Cc1ncc(-c2cnn(C)c2)nc1C(C)(C)C. The molecule has 0 saturated carbocycles. The average Bonchev–Trinajstić information content (AvgIpc) is 1.14. The van der Waals surface area contributed by atoms with Crippen molar-refractivity contribution in [3.05, 3.63) is 263 Å². The van der Waals surface area contributed by atoms with Gasteiger partial charge in [-0.15, -0.1) is 0 Å². The summed E-state index contributed by atoms with van der Waals surface area (Å²) in [7, 11) is 8.27. The van der Waals surface area contributed by atoms with Crippen LogP contribution in [0.1, 0.15) is 239 Å². The molecule has 0 aliphatic carbocycles. The lowest BCUT2D eigenvalue weighted by molar-refractivity contribution is 0.242. The number of methoxy groups -OCH3 is 4. The number of halogens is 1. The van der Waals surface area contributed by atoms with Crippen molar-refractivity contribution < 1.29 is 33.2 Å². The Kier molecular flexibility index (Phi) is 34.8. The lowest BCUT2D eigenvalue weighted by Crippen LogP contribution is -2.16. The third-order valence-corrected chi connectivity index (χ3v) is 20.6. The molecule has 132 heavy (non-hydrogen) atoms. The lowest BCUT2D eigenvalue weighted by atomic mass is 9.90. The van der Waals surface area contributed by atoms with Gasteiger partial charge in [0, 0.05) is 96.3 Å². The molecule has 698 valence electrons. The monoisotopic (exact) mass is 1790 g/mol. The van der Waals surface area contributed by atoms with E-state index in [2.05, 4.69) is 211 Å². The van der Waals surface area contributed by atoms with Gasteiger partial charge in [0.15, 0.2) is 23.1 Å². The Labute approximate surface area is 782 Å². The molecule has 14 rings (SSSR count). The van der Waals surface area contributed by atoms with Crippen LogP contribution in [0.25, 0.3) is 78.8 Å². The van der Waals surface area contributed by atoms with Crippen molar-refractivity contribution >= 4 is 0 Å². The lowest BCUT2D eigenvalue weighted by Gasteiger charge is -2.20. The summed E-state index contributed by atoms with van der Waals surface area (Å²) in [5.74, 6) is 3.18. The number of hydrogen-bond acceptors (Lipinski definition) is 22. The molecule has 9 heterocycles. The highest BCUT2D eigenvalue weighted by molar-refractivity contribution is 5.66. The Hall–Kier alpha value is -13.2. The summed E-state index contributed by atoms with van der Waals surface area (Å²) in [5, 5.41) is 20.4. The Morgan fingerprint density at radius 2 is 0.629 bits per heavy atom. The van der Waals surface area contributed by atoms with Crippen molar-refractivity contribution in [3.63, 3.8) is 0 Å². The third kappa shape index (κ3) is 29.2. The summed E-state index contributed by atoms with van der Waals surface area (Å²) in [6, 6.07) is 33.6. The average molecular weight is 1790 g/mol. The molecule has 24 nitrogen and oxygen atoms in total. The summed E-state index contributed by atoms with van der Waals surface area (Å²) >= 11 is 0. The zero-order chi connectivity index (χ0) is 97.9. The van der Waals surface area contributed by atoms with Gasteiger partial charge in [0.2, 0.25) is 0 Å². The fraction of sp³-hybridized carbons (Fsp3) is 0.402. The van der Waals surface area contributed by atoms with E-state index in [0.29, 0.717) is 22.8 Å². The predicted molar refractivity (Wildman–Crippen MR) is 529 cm³/mol. The molecule has 0 radical (unpaired) electrons. The molecule has 0 aliphatic rings. The van der Waals surface area contributed by atoms with E-state index in [1.54, 1.807) is 81.3 Å². The highest BCUT2D eigenvalue weighted by Gasteiger charge is 2.28. The number of H-pyrrole nitrogens is 1. The van der Waals surface area contributed by atoms with E-state index in [4.69, 9.17) is 43.6 Å². The van der Waals surface area contributed by atoms with E-state index < -0.39 is 5.82 Å². The molecule has 5 aromatic carbocycles. The van der Waals surface area contributed by atoms with Gasteiger partial charge in [0.05, 0.1) is 210 Å². The number of aryl methyl sites for hydroxylation is 8. The van der Waals surface area contributed by atoms with Crippen LogP contribution in [0.4, 0.5) is 4.39 Å². The Balaban J connectivity index is 0.000000190. The second kappa shape index (κ2) is 44.2. The van der Waals surface area contributed by atoms with Crippen molar-refractivity contribution in [2.24, 2.45) is 7.05 Å². The van der Waals surface area contributed by atoms with E-state index in [0.717, 1.165) is 159 Å². The highest BCUT2D eigenvalue weighted by atomic mass is 19.1. The van der Waals surface area contributed by atoms with Crippen molar-refractivity contribution in [1.82, 2.24) is 89.8 Å². The second-order valence-electron chi connectivity index (χ2n) is 39.9. The number of nitrogens with one attached hydrogen (secondary N) is 1. The number of phenolic OH excluding ortho intramolecular Hbond substituents is 1. The third-order valence-electron chi connectivity index (χ3n) is 20.6. The van der Waals surface area contributed by atoms with Gasteiger partial charge in [0.25, 0.3) is 0 Å². The van der Waals surface area contributed by atoms with Crippen molar-refractivity contribution in [2.75, 3.05) is 28.4 Å². The molecule has 9 aromatic heterocycles. The van der Waals surface area contributed by atoms with Gasteiger partial charge in [-0.2, -0.15) is 10.2 Å². The van der Waals surface area contributed by atoms with Crippen molar-refractivity contribution in [2.45, 2.75) is 252 Å². The summed E-state index contributed by atoms with van der Waals surface area (Å²) in [4.78, 5) is 64.1. The minimum absolute atomic E-state index is 0.00616. The van der Waals surface area contributed by atoms with E-state index in [-0.39, 0.29) is 55.5 Å². The van der Waals surface area contributed by atoms with Crippen LogP contribution in [0, 0.1) is 54.3 Å². The van der Waals surface area contributed by atoms with Crippen LogP contribution in [-0.4, -0.2) is 129 Å². The van der Waals surface area contributed by atoms with E-state index in [1.807, 2.05) is 185 Å². The first kappa shape index (κ1) is 104. The second-order valence-corrected chi connectivity index (χ2v) is 39.9. The van der Waals surface area contributed by atoms with Crippen molar-refractivity contribution in [1.29, 1.82) is 0 Å². The first-order valence-electron chi connectivity index (χ1n) is 44.3. The standard InChI is InChI=1S/C18H24N2O.C17H22N2O2.C16H19FN2O.C16H20N2O.C15H18N2O.C13H18N4.C12H16N4/c1-12(2)21-15-9-7-14(8-10-15)16-11-19-13(3)17(20-16)18(4,5)6;1-11-16(17(2,3)4)19-13(10-18-11)12-7-8-14(20-5)15(9-12)21-6;1-10-15(16(2,3)4)19-13(9-18-10)11-6-7-14(20-5)12(17)8-11;1-11-15(16(2,3)4)18-14(10-17-11)12-7-6-8-13(9-12)19-5;1-10-14(15(2,3)4)17-13(9-16-10)11-6-5-7-12(18)8-11;1-9-12(13(2,3)4)16-11(7-14-9)10-6-15-17(5)8-10;1-8-11(12(2,3)4)16-10(7-13-8)9-5-14-15-6-9/h7-12H,1-6H3;7-10H,1-6H3;6-9H,1-5H3;6-10H,1-5H3;5-9,18H,1-4H3;6-8H,1-5H3;5-7H,1-4H3,(H,14,15). The van der Waals surface area contributed by atoms with Gasteiger partial charge in [-0.05, 0) is 147 Å². The molecular formula is C107H137FN18O6. The molecule has 0 saturated heterocycles. The highest BCUT2D eigenvalue weighted by Crippen LogP contribution is 2.37. The largest absolute Gasteiger partial charge is 0.508 e. The van der Waals surface area contributed by atoms with Gasteiger partial charge in [-0.3, -0.25) is 44.7 Å². The minimum Gasteiger partial charge on any atom is -0.508 e. The molecule has 0 bridgehead atoms. The molecule has 0 atom stereocenters. The molecule has 0 fully saturated rings. The Bertz CT molecular complexity index is 6160. The number of ether oxygens (including phenoxy) is 5. The number of nitrogens with zero attached hydrogens (tertiary/aromatic N) is 17. The number of rotatable bonds is 13. The van der Waals surface area contributed by atoms with E-state index in [9.17, 15) is 9.50 Å². The molecule has 25 heteroatoms. The van der Waals surface area contributed by atoms with Crippen LogP contribution in [0.5, 0.6) is 34.5 Å². The van der Waals surface area contributed by atoms with E-state index >= 15 is 0 Å². The smallest absolute Gasteiger partial charge is 0.165 e. The maximum atomic E-state index is 13.8. The Morgan fingerprint density at radius 1 is 0.318 bits per heavy atom. The molecule has 2 N–H and O–H groups in total. The maximum Gasteiger partial charge on any atom is 0.165 e. The fourth-order valence-corrected chi connectivity index (χ4v) is 14.3. The molecular weight excluding hydrogens is 1650 g/mol. The summed E-state index contributed by atoms with van der Waals surface area (Å²) < 4.78 is 42.0. The first-order valence-corrected chi connectivity index (χ1v) is 44.3. The quantitative estimate of drug-likeness (QED) is 0.108. The number of benzene rings is 5. The minimum atomic E-state index is -0.398. The van der Waals surface area contributed by atoms with Gasteiger partial charge in [-0.1, -0.05) is 170 Å². The van der Waals surface area contributed by atoms with Gasteiger partial charge in [-0.25, -0.2) is 39.3 Å². The van der Waals surface area contributed by atoms with E-state index in [1.165, 1.54) is 13.2 Å². The summed E-state index contributed by atoms with van der Waals surface area (Å²) in [5.41, 5.74) is 26.1.